The normalized spacial score (nSPS) is 12.3. The lowest BCUT2D eigenvalue weighted by atomic mass is 9.85. The van der Waals surface area contributed by atoms with Crippen LogP contribution in [-0.2, 0) is 6.18 Å². The van der Waals surface area contributed by atoms with Gasteiger partial charge < -0.3 is 4.74 Å². The first-order chi connectivity index (χ1) is 20.4. The van der Waals surface area contributed by atoms with Crippen LogP contribution >= 0.6 is 0 Å². The number of nitrogens with zero attached hydrogens (tertiary/aromatic N) is 1. The minimum Gasteiger partial charge on any atom is -0.495 e. The Hall–Kier alpha value is -5.16. The van der Waals surface area contributed by atoms with Crippen LogP contribution in [0, 0.1) is 0 Å². The smallest absolute Gasteiger partial charge is 0.433 e. The molecule has 5 heteroatoms. The molecule has 0 amide bonds. The van der Waals surface area contributed by atoms with Gasteiger partial charge in [-0.05, 0) is 65.8 Å². The van der Waals surface area contributed by atoms with Gasteiger partial charge in [0.2, 0.25) is 0 Å². The van der Waals surface area contributed by atoms with Gasteiger partial charge in [-0.15, -0.1) is 0 Å². The number of halogens is 3. The van der Waals surface area contributed by atoms with E-state index in [1.807, 2.05) is 24.3 Å². The zero-order chi connectivity index (χ0) is 28.6. The van der Waals surface area contributed by atoms with Crippen molar-refractivity contribution in [2.24, 2.45) is 0 Å². The zero-order valence-corrected chi connectivity index (χ0v) is 22.5. The van der Waals surface area contributed by atoms with Crippen molar-refractivity contribution in [3.63, 3.8) is 0 Å². The molecular formula is C37H22F3NO. The van der Waals surface area contributed by atoms with E-state index >= 15 is 0 Å². The summed E-state index contributed by atoms with van der Waals surface area (Å²) in [6, 6.07) is 36.1. The molecule has 0 saturated carbocycles. The lowest BCUT2D eigenvalue weighted by Gasteiger charge is -2.20. The fraction of sp³-hybridized carbons (Fsp3) is 0.0541. The molecule has 0 bridgehead atoms. The maximum atomic E-state index is 13.2. The lowest BCUT2D eigenvalue weighted by molar-refractivity contribution is -0.141. The molecule has 0 aliphatic heterocycles. The van der Waals surface area contributed by atoms with Crippen LogP contribution < -0.4 is 4.74 Å². The van der Waals surface area contributed by atoms with E-state index < -0.39 is 11.9 Å². The molecule has 0 aliphatic carbocycles. The van der Waals surface area contributed by atoms with Crippen molar-refractivity contribution in [1.82, 2.24) is 4.98 Å². The first-order valence-electron chi connectivity index (χ1n) is 13.7. The number of ether oxygens (including phenoxy) is 1. The highest BCUT2D eigenvalue weighted by Gasteiger charge is 2.32. The molecule has 0 N–H and O–H groups in total. The molecule has 8 aromatic rings. The number of benzene rings is 7. The zero-order valence-electron chi connectivity index (χ0n) is 22.5. The van der Waals surface area contributed by atoms with Gasteiger partial charge in [-0.25, -0.2) is 0 Å². The first-order valence-corrected chi connectivity index (χ1v) is 13.7. The number of pyridine rings is 1. The molecule has 0 atom stereocenters. The molecular weight excluding hydrogens is 531 g/mol. The quantitative estimate of drug-likeness (QED) is 0.160. The van der Waals surface area contributed by atoms with Gasteiger partial charge >= 0.3 is 6.18 Å². The van der Waals surface area contributed by atoms with Gasteiger partial charge in [-0.2, -0.15) is 13.2 Å². The Kier molecular flexibility index (Phi) is 5.23. The van der Waals surface area contributed by atoms with Crippen molar-refractivity contribution in [3.05, 3.63) is 121 Å². The molecule has 0 fully saturated rings. The minimum atomic E-state index is -4.48. The summed E-state index contributed by atoms with van der Waals surface area (Å²) in [6.07, 6.45) is -3.16. The van der Waals surface area contributed by atoms with Crippen molar-refractivity contribution < 1.29 is 17.9 Å². The molecule has 0 aliphatic rings. The van der Waals surface area contributed by atoms with Crippen molar-refractivity contribution in [2.75, 3.05) is 7.11 Å². The second-order valence-electron chi connectivity index (χ2n) is 10.6. The number of fused-ring (bicyclic) bond motifs is 2. The van der Waals surface area contributed by atoms with E-state index in [-0.39, 0.29) is 0 Å². The molecule has 7 aromatic carbocycles. The van der Waals surface area contributed by atoms with Crippen molar-refractivity contribution in [3.8, 4) is 28.0 Å². The SMILES string of the molecule is COc1c2ccccc2c(-c2ccc3ccc4c(-c5ccc(C(F)(F)F)nc5)ccc5ccc2c3c54)c2ccccc12. The van der Waals surface area contributed by atoms with Crippen LogP contribution in [-0.4, -0.2) is 12.1 Å². The highest BCUT2D eigenvalue weighted by Crippen LogP contribution is 2.47. The van der Waals surface area contributed by atoms with Gasteiger partial charge in [-0.1, -0.05) is 103 Å². The predicted molar refractivity (Wildman–Crippen MR) is 165 cm³/mol. The Morgan fingerprint density at radius 2 is 1.07 bits per heavy atom. The summed E-state index contributed by atoms with van der Waals surface area (Å²) in [5.74, 6) is 0.859. The number of hydrogen-bond acceptors (Lipinski definition) is 2. The van der Waals surface area contributed by atoms with Gasteiger partial charge in [0.15, 0.2) is 0 Å². The molecule has 2 nitrogen and oxygen atoms in total. The summed E-state index contributed by atoms with van der Waals surface area (Å²) in [6.45, 7) is 0. The topological polar surface area (TPSA) is 22.1 Å². The summed E-state index contributed by atoms with van der Waals surface area (Å²) >= 11 is 0. The maximum Gasteiger partial charge on any atom is 0.433 e. The second kappa shape index (κ2) is 8.92. The van der Waals surface area contributed by atoms with Crippen LogP contribution in [0.3, 0.4) is 0 Å². The van der Waals surface area contributed by atoms with Gasteiger partial charge in [0.05, 0.1) is 7.11 Å². The molecule has 0 radical (unpaired) electrons. The highest BCUT2D eigenvalue weighted by atomic mass is 19.4. The van der Waals surface area contributed by atoms with Crippen LogP contribution in [0.15, 0.2) is 115 Å². The Morgan fingerprint density at radius 1 is 0.548 bits per heavy atom. The van der Waals surface area contributed by atoms with Crippen molar-refractivity contribution >= 4 is 53.9 Å². The average molecular weight is 554 g/mol. The molecule has 0 spiro atoms. The molecule has 0 saturated heterocycles. The van der Waals surface area contributed by atoms with Gasteiger partial charge in [0.25, 0.3) is 0 Å². The van der Waals surface area contributed by atoms with E-state index in [0.29, 0.717) is 5.56 Å². The maximum absolute atomic E-state index is 13.2. The molecule has 42 heavy (non-hydrogen) atoms. The van der Waals surface area contributed by atoms with Gasteiger partial charge in [0, 0.05) is 22.5 Å². The molecule has 1 aromatic heterocycles. The van der Waals surface area contributed by atoms with E-state index in [1.165, 1.54) is 12.3 Å². The standard InChI is InChI=1S/C37H22F3NO/c1-42-36-30-8-4-2-6-25(30)35(26-7-3-5-9-31(26)36)29-18-13-22-11-16-27-24(23-14-19-32(41-20-23)37(38,39)40)15-10-21-12-17-28(29)34(22)33(21)27/h2-20H,1H3. The monoisotopic (exact) mass is 553 g/mol. The number of aromatic nitrogens is 1. The first kappa shape index (κ1) is 24.6. The molecule has 0 unspecified atom stereocenters. The Balaban J connectivity index is 1.45. The van der Waals surface area contributed by atoms with E-state index in [9.17, 15) is 13.2 Å². The third kappa shape index (κ3) is 3.50. The van der Waals surface area contributed by atoms with Crippen LogP contribution in [0.25, 0.3) is 76.1 Å². The summed E-state index contributed by atoms with van der Waals surface area (Å²) < 4.78 is 45.5. The van der Waals surface area contributed by atoms with Crippen LogP contribution in [0.1, 0.15) is 5.69 Å². The number of alkyl halides is 3. The summed E-state index contributed by atoms with van der Waals surface area (Å²) in [4.78, 5) is 3.73. The Bertz CT molecular complexity index is 2260. The minimum absolute atomic E-state index is 0.647. The Labute approximate surface area is 238 Å². The van der Waals surface area contributed by atoms with E-state index in [2.05, 4.69) is 77.8 Å². The summed E-state index contributed by atoms with van der Waals surface area (Å²) in [7, 11) is 1.72. The van der Waals surface area contributed by atoms with Gasteiger partial charge in [0.1, 0.15) is 11.4 Å². The van der Waals surface area contributed by atoms with Gasteiger partial charge in [-0.3, -0.25) is 4.98 Å². The number of rotatable bonds is 3. The number of methoxy groups -OCH3 is 1. The van der Waals surface area contributed by atoms with E-state index in [1.54, 1.807) is 7.11 Å². The third-order valence-corrected chi connectivity index (χ3v) is 8.39. The fourth-order valence-electron chi connectivity index (χ4n) is 6.59. The molecule has 202 valence electrons. The molecule has 1 heterocycles. The Morgan fingerprint density at radius 3 is 1.60 bits per heavy atom. The average Bonchev–Trinajstić information content (AvgIpc) is 3.02. The second-order valence-corrected chi connectivity index (χ2v) is 10.6. The van der Waals surface area contributed by atoms with Crippen LogP contribution in [0.2, 0.25) is 0 Å². The fourth-order valence-corrected chi connectivity index (χ4v) is 6.59. The summed E-state index contributed by atoms with van der Waals surface area (Å²) in [5, 5.41) is 10.8. The third-order valence-electron chi connectivity index (χ3n) is 8.39. The van der Waals surface area contributed by atoms with Crippen LogP contribution in [0.5, 0.6) is 5.75 Å². The molecule has 8 rings (SSSR count). The van der Waals surface area contributed by atoms with E-state index in [0.717, 1.165) is 82.4 Å². The lowest BCUT2D eigenvalue weighted by Crippen LogP contribution is -2.07. The largest absolute Gasteiger partial charge is 0.495 e. The van der Waals surface area contributed by atoms with Crippen LogP contribution in [0.4, 0.5) is 13.2 Å². The highest BCUT2D eigenvalue weighted by molar-refractivity contribution is 6.29. The number of hydrogen-bond donors (Lipinski definition) is 0. The van der Waals surface area contributed by atoms with Crippen molar-refractivity contribution in [2.45, 2.75) is 6.18 Å². The summed E-state index contributed by atoms with van der Waals surface area (Å²) in [5.41, 5.74) is 2.87. The van der Waals surface area contributed by atoms with E-state index in [4.69, 9.17) is 4.74 Å². The van der Waals surface area contributed by atoms with Crippen molar-refractivity contribution in [1.29, 1.82) is 0 Å². The predicted octanol–water partition coefficient (Wildman–Crippen LogP) is 10.6.